The van der Waals surface area contributed by atoms with Gasteiger partial charge in [-0.05, 0) is 129 Å². The molecule has 0 unspecified atom stereocenters. The Labute approximate surface area is 685 Å². The van der Waals surface area contributed by atoms with E-state index in [0.29, 0.717) is 34.9 Å². The molecular weight excluding hydrogens is 1470 g/mol. The molecule has 10 heteroatoms. The minimum atomic E-state index is 0.616. The second-order valence-corrected chi connectivity index (χ2v) is 32.0. The molecule has 8 nitrogen and oxygen atoms in total. The highest BCUT2D eigenvalue weighted by Gasteiger charge is 2.25. The van der Waals surface area contributed by atoms with Crippen LogP contribution in [0.15, 0.2) is 388 Å². The fourth-order valence-electron chi connectivity index (χ4n) is 17.5. The summed E-state index contributed by atoms with van der Waals surface area (Å²) in [5, 5.41) is 22.3. The van der Waals surface area contributed by atoms with Crippen molar-refractivity contribution < 1.29 is 0 Å². The summed E-state index contributed by atoms with van der Waals surface area (Å²) in [6.07, 6.45) is 0. The minimum absolute atomic E-state index is 0.616. The van der Waals surface area contributed by atoms with Crippen LogP contribution in [0.4, 0.5) is 0 Å². The normalized spacial score (nSPS) is 11.7. The quantitative estimate of drug-likeness (QED) is 0.125. The van der Waals surface area contributed by atoms with Crippen LogP contribution in [-0.4, -0.2) is 39.9 Å². The predicted octanol–water partition coefficient (Wildman–Crippen LogP) is 29.2. The van der Waals surface area contributed by atoms with Crippen molar-refractivity contribution in [3.8, 4) is 113 Å². The summed E-state index contributed by atoms with van der Waals surface area (Å²) in [5.41, 5.74) is 16.2. The van der Waals surface area contributed by atoms with Gasteiger partial charge in [0.1, 0.15) is 0 Å². The van der Waals surface area contributed by atoms with Crippen LogP contribution in [0.1, 0.15) is 0 Å². The van der Waals surface area contributed by atoms with Crippen LogP contribution in [0, 0.1) is 0 Å². The lowest BCUT2D eigenvalue weighted by atomic mass is 9.91. The fraction of sp³-hybridized carbons (Fsp3) is 0. The molecule has 0 spiro atoms. The van der Waals surface area contributed by atoms with E-state index in [2.05, 4.69) is 267 Å². The van der Waals surface area contributed by atoms with E-state index in [0.717, 1.165) is 72.3 Å². The maximum Gasteiger partial charge on any atom is 0.164 e. The standard InChI is InChI=1S/2C54H32N4S/c1-3-15-33(16-4-1)52-56-53(34-17-5-2-6-18-34)58-54(57-52)37-20-13-19-36(31-37)50-49-44-25-11-12-28-47(44)59-51(49)48-38(26-14-27-46(48)55-50)35-29-30-43-41-23-8-7-21-39(41)40-22-9-10-24-42(40)45(43)32-35;1-3-14-34(15-4-1)52-56-53(35-16-5-2-6-17-35)58-54(57-52)36-28-26-33(27-29-36)50-49-44-22-11-12-25-47(44)59-51(49)48-38(23-13-24-46(48)55-50)37-30-31-43-41-20-8-7-18-39(41)40-19-9-10-21-42(40)45(43)32-37/h2*1-32H. The van der Waals surface area contributed by atoms with Crippen LogP contribution in [0.5, 0.6) is 0 Å². The van der Waals surface area contributed by atoms with Crippen molar-refractivity contribution >= 4 is 149 Å². The molecule has 0 atom stereocenters. The van der Waals surface area contributed by atoms with Crippen molar-refractivity contribution in [2.24, 2.45) is 0 Å². The highest BCUT2D eigenvalue weighted by molar-refractivity contribution is 7.27. The largest absolute Gasteiger partial charge is 0.247 e. The van der Waals surface area contributed by atoms with Crippen molar-refractivity contribution in [2.75, 3.05) is 0 Å². The Morgan fingerprint density at radius 3 is 0.788 bits per heavy atom. The maximum atomic E-state index is 5.55. The summed E-state index contributed by atoms with van der Waals surface area (Å²) >= 11 is 3.69. The summed E-state index contributed by atoms with van der Waals surface area (Å²) in [7, 11) is 0. The number of benzene rings is 18. The van der Waals surface area contributed by atoms with E-state index in [4.69, 9.17) is 39.9 Å². The van der Waals surface area contributed by atoms with Crippen molar-refractivity contribution in [2.45, 2.75) is 0 Å². The van der Waals surface area contributed by atoms with E-state index in [1.807, 2.05) is 144 Å². The van der Waals surface area contributed by atoms with Gasteiger partial charge in [-0.25, -0.2) is 39.9 Å². The molecule has 0 aliphatic carbocycles. The third-order valence-corrected chi connectivity index (χ3v) is 25.4. The molecule has 0 saturated heterocycles. The lowest BCUT2D eigenvalue weighted by Gasteiger charge is -2.14. The van der Waals surface area contributed by atoms with Gasteiger partial charge in [-0.1, -0.05) is 346 Å². The number of fused-ring (bicyclic) bond motifs is 22. The van der Waals surface area contributed by atoms with Crippen molar-refractivity contribution in [3.05, 3.63) is 388 Å². The second-order valence-electron chi connectivity index (χ2n) is 29.9. The number of nitrogens with zero attached hydrogens (tertiary/aromatic N) is 8. The average molecular weight is 1540 g/mol. The summed E-state index contributed by atoms with van der Waals surface area (Å²) in [6, 6.07) is 137. The van der Waals surface area contributed by atoms with Crippen molar-refractivity contribution in [1.82, 2.24) is 39.9 Å². The summed E-state index contributed by atoms with van der Waals surface area (Å²) in [4.78, 5) is 40.9. The molecule has 24 aromatic rings. The Bertz CT molecular complexity index is 7990. The van der Waals surface area contributed by atoms with Gasteiger partial charge < -0.3 is 0 Å². The van der Waals surface area contributed by atoms with Crippen LogP contribution >= 0.6 is 22.7 Å². The molecule has 0 fully saturated rings. The van der Waals surface area contributed by atoms with Crippen LogP contribution in [0.2, 0.25) is 0 Å². The molecule has 0 bridgehead atoms. The number of hydrogen-bond acceptors (Lipinski definition) is 10. The Hall–Kier alpha value is -15.2. The highest BCUT2D eigenvalue weighted by Crippen LogP contribution is 2.50. The first kappa shape index (κ1) is 68.4. The van der Waals surface area contributed by atoms with Gasteiger partial charge in [0.05, 0.1) is 22.4 Å². The first-order valence-corrected chi connectivity index (χ1v) is 41.2. The van der Waals surface area contributed by atoms with Crippen LogP contribution in [0.25, 0.3) is 240 Å². The monoisotopic (exact) mass is 1540 g/mol. The summed E-state index contributed by atoms with van der Waals surface area (Å²) in [6.45, 7) is 0. The molecule has 0 saturated carbocycles. The van der Waals surface area contributed by atoms with E-state index >= 15 is 0 Å². The minimum Gasteiger partial charge on any atom is -0.247 e. The number of thiophene rings is 2. The van der Waals surface area contributed by atoms with Gasteiger partial charge in [0.15, 0.2) is 34.9 Å². The third-order valence-electron chi connectivity index (χ3n) is 23.0. The van der Waals surface area contributed by atoms with Crippen LogP contribution in [-0.2, 0) is 0 Å². The molecule has 0 amide bonds. The van der Waals surface area contributed by atoms with E-state index in [1.165, 1.54) is 133 Å². The molecule has 0 N–H and O–H groups in total. The zero-order valence-electron chi connectivity index (χ0n) is 63.3. The smallest absolute Gasteiger partial charge is 0.164 e. The first-order chi connectivity index (χ1) is 58.5. The van der Waals surface area contributed by atoms with E-state index < -0.39 is 0 Å². The van der Waals surface area contributed by atoms with Gasteiger partial charge in [-0.3, -0.25) is 0 Å². The molecule has 18 aromatic carbocycles. The zero-order chi connectivity index (χ0) is 77.7. The van der Waals surface area contributed by atoms with Gasteiger partial charge in [0, 0.05) is 95.6 Å². The Kier molecular flexibility index (Phi) is 16.5. The Morgan fingerprint density at radius 1 is 0.153 bits per heavy atom. The van der Waals surface area contributed by atoms with Crippen LogP contribution in [0.3, 0.4) is 0 Å². The fourth-order valence-corrected chi connectivity index (χ4v) is 20.1. The van der Waals surface area contributed by atoms with Crippen LogP contribution < -0.4 is 0 Å². The second kappa shape index (κ2) is 28.4. The number of rotatable bonds is 10. The highest BCUT2D eigenvalue weighted by atomic mass is 32.1. The third kappa shape index (κ3) is 11.7. The zero-order valence-corrected chi connectivity index (χ0v) is 65.0. The Morgan fingerprint density at radius 2 is 0.415 bits per heavy atom. The topological polar surface area (TPSA) is 103 Å². The number of aromatic nitrogens is 8. The molecule has 118 heavy (non-hydrogen) atoms. The first-order valence-electron chi connectivity index (χ1n) is 39.6. The average Bonchev–Trinajstić information content (AvgIpc) is 1.55. The Balaban J connectivity index is 0.000000138. The van der Waals surface area contributed by atoms with Gasteiger partial charge in [0.25, 0.3) is 0 Å². The molecular formula is C108H64N8S2. The lowest BCUT2D eigenvalue weighted by Crippen LogP contribution is -2.00. The predicted molar refractivity (Wildman–Crippen MR) is 495 cm³/mol. The molecule has 0 aliphatic rings. The number of pyridine rings is 2. The van der Waals surface area contributed by atoms with Gasteiger partial charge in [-0.15, -0.1) is 22.7 Å². The summed E-state index contributed by atoms with van der Waals surface area (Å²) in [5.74, 6) is 3.80. The summed E-state index contributed by atoms with van der Waals surface area (Å²) < 4.78 is 4.95. The molecule has 6 aromatic heterocycles. The van der Waals surface area contributed by atoms with E-state index in [-0.39, 0.29) is 0 Å². The molecule has 548 valence electrons. The lowest BCUT2D eigenvalue weighted by molar-refractivity contribution is 1.07. The van der Waals surface area contributed by atoms with Crippen molar-refractivity contribution in [3.63, 3.8) is 0 Å². The van der Waals surface area contributed by atoms with Crippen molar-refractivity contribution in [1.29, 1.82) is 0 Å². The molecule has 24 rings (SSSR count). The SMILES string of the molecule is c1ccc(-c2nc(-c3ccccc3)nc(-c3ccc(-c4nc5cccc(-c6ccc7c8ccccc8c8ccccc8c7c6)c5c5sc6ccccc6c45)cc3)n2)cc1.c1ccc(-c2nc(-c3ccccc3)nc(-c3cccc(-c4nc5cccc(-c6ccc7c8ccccc8c8ccccc8c7c6)c5c5sc6ccccc6c45)c3)n2)cc1. The molecule has 0 radical (unpaired) electrons. The molecule has 6 heterocycles. The van der Waals surface area contributed by atoms with Gasteiger partial charge in [0.2, 0.25) is 0 Å². The number of hydrogen-bond donors (Lipinski definition) is 0. The van der Waals surface area contributed by atoms with Gasteiger partial charge in [-0.2, -0.15) is 0 Å². The van der Waals surface area contributed by atoms with Gasteiger partial charge >= 0.3 is 0 Å². The van der Waals surface area contributed by atoms with E-state index in [9.17, 15) is 0 Å². The van der Waals surface area contributed by atoms with E-state index in [1.54, 1.807) is 0 Å². The molecule has 0 aliphatic heterocycles. The maximum absolute atomic E-state index is 5.55.